The zero-order valence-corrected chi connectivity index (χ0v) is 17.9. The first kappa shape index (κ1) is 22.8. The van der Waals surface area contributed by atoms with Gasteiger partial charge in [-0.25, -0.2) is 9.69 Å². The third-order valence-electron chi connectivity index (χ3n) is 5.47. The Morgan fingerprint density at radius 2 is 1.79 bits per heavy atom. The van der Waals surface area contributed by atoms with E-state index in [1.54, 1.807) is 48.5 Å². The molecule has 2 atom stereocenters. The standard InChI is InChI=1S/C24H18ClF3N2O3/c25-19-8-6-15(7-9-19)20(17-10-18(13-29-12-17)24(26,27)28)11-22(31)30-21(14-33-23(30)32)16-4-2-1-3-5-16/h1-10,12-13,20-21H,11,14H2/t20-,21-/m0/s1. The largest absolute Gasteiger partial charge is 0.446 e. The number of rotatable bonds is 5. The average molecular weight is 475 g/mol. The predicted molar refractivity (Wildman–Crippen MR) is 115 cm³/mol. The van der Waals surface area contributed by atoms with Gasteiger partial charge in [0.1, 0.15) is 12.6 Å². The molecule has 2 amide bonds. The van der Waals surface area contributed by atoms with Crippen molar-refractivity contribution in [2.45, 2.75) is 24.6 Å². The van der Waals surface area contributed by atoms with Crippen molar-refractivity contribution >= 4 is 23.6 Å². The Morgan fingerprint density at radius 1 is 1.09 bits per heavy atom. The molecule has 0 radical (unpaired) electrons. The number of nitrogens with zero attached hydrogens (tertiary/aromatic N) is 2. The molecule has 1 aliphatic heterocycles. The molecule has 1 saturated heterocycles. The van der Waals surface area contributed by atoms with Gasteiger partial charge in [0.25, 0.3) is 0 Å². The highest BCUT2D eigenvalue weighted by molar-refractivity contribution is 6.30. The highest BCUT2D eigenvalue weighted by Crippen LogP contribution is 2.36. The van der Waals surface area contributed by atoms with Crippen LogP contribution in [0.1, 0.15) is 40.6 Å². The van der Waals surface area contributed by atoms with Crippen LogP contribution in [0.5, 0.6) is 0 Å². The fourth-order valence-electron chi connectivity index (χ4n) is 3.82. The number of aromatic nitrogens is 1. The van der Waals surface area contributed by atoms with Crippen LogP contribution in [0.3, 0.4) is 0 Å². The van der Waals surface area contributed by atoms with E-state index in [1.807, 2.05) is 6.07 Å². The lowest BCUT2D eigenvalue weighted by Gasteiger charge is -2.24. The van der Waals surface area contributed by atoms with Crippen molar-refractivity contribution < 1.29 is 27.5 Å². The molecule has 4 rings (SSSR count). The molecule has 0 unspecified atom stereocenters. The van der Waals surface area contributed by atoms with E-state index in [2.05, 4.69) is 4.98 Å². The van der Waals surface area contributed by atoms with Gasteiger partial charge in [-0.05, 0) is 34.9 Å². The van der Waals surface area contributed by atoms with E-state index >= 15 is 0 Å². The molecule has 1 fully saturated rings. The van der Waals surface area contributed by atoms with Crippen LogP contribution in [0.4, 0.5) is 18.0 Å². The second-order valence-corrected chi connectivity index (χ2v) is 8.02. The second kappa shape index (κ2) is 9.23. The number of carbonyl (C=O) groups excluding carboxylic acids is 2. The van der Waals surface area contributed by atoms with Gasteiger partial charge in [-0.15, -0.1) is 0 Å². The number of imide groups is 1. The number of amides is 2. The molecule has 5 nitrogen and oxygen atoms in total. The summed E-state index contributed by atoms with van der Waals surface area (Å²) < 4.78 is 45.0. The summed E-state index contributed by atoms with van der Waals surface area (Å²) in [7, 11) is 0. The number of pyridine rings is 1. The highest BCUT2D eigenvalue weighted by atomic mass is 35.5. The lowest BCUT2D eigenvalue weighted by Crippen LogP contribution is -2.35. The van der Waals surface area contributed by atoms with Crippen molar-refractivity contribution in [2.24, 2.45) is 0 Å². The van der Waals surface area contributed by atoms with E-state index in [9.17, 15) is 22.8 Å². The minimum Gasteiger partial charge on any atom is -0.446 e. The van der Waals surface area contributed by atoms with Crippen LogP contribution in [0.25, 0.3) is 0 Å². The van der Waals surface area contributed by atoms with Gasteiger partial charge in [0.15, 0.2) is 0 Å². The average Bonchev–Trinajstić information content (AvgIpc) is 3.20. The van der Waals surface area contributed by atoms with E-state index in [0.29, 0.717) is 10.6 Å². The number of hydrogen-bond donors (Lipinski definition) is 0. The van der Waals surface area contributed by atoms with E-state index in [-0.39, 0.29) is 18.6 Å². The summed E-state index contributed by atoms with van der Waals surface area (Å²) >= 11 is 5.97. The SMILES string of the molecule is O=C(C[C@@H](c1ccc(Cl)cc1)c1cncc(C(F)(F)F)c1)N1C(=O)OC[C@H]1c1ccccc1. The molecule has 0 aliphatic carbocycles. The molecule has 170 valence electrons. The molecule has 0 N–H and O–H groups in total. The van der Waals surface area contributed by atoms with Gasteiger partial charge < -0.3 is 4.74 Å². The molecular weight excluding hydrogens is 457 g/mol. The van der Waals surface area contributed by atoms with Crippen molar-refractivity contribution in [3.63, 3.8) is 0 Å². The Hall–Kier alpha value is -3.39. The Morgan fingerprint density at radius 3 is 2.45 bits per heavy atom. The van der Waals surface area contributed by atoms with Gasteiger partial charge in [-0.2, -0.15) is 13.2 Å². The van der Waals surface area contributed by atoms with E-state index in [1.165, 1.54) is 6.20 Å². The minimum absolute atomic E-state index is 0.00527. The van der Waals surface area contributed by atoms with Crippen molar-refractivity contribution in [3.8, 4) is 0 Å². The maximum absolute atomic E-state index is 13.3. The first-order valence-electron chi connectivity index (χ1n) is 10.1. The third kappa shape index (κ3) is 5.01. The summed E-state index contributed by atoms with van der Waals surface area (Å²) in [5, 5.41) is 0.443. The molecule has 3 aromatic rings. The van der Waals surface area contributed by atoms with Gasteiger partial charge in [-0.1, -0.05) is 54.1 Å². The molecule has 2 heterocycles. The first-order valence-corrected chi connectivity index (χ1v) is 10.4. The van der Waals surface area contributed by atoms with Crippen molar-refractivity contribution in [1.82, 2.24) is 9.88 Å². The molecule has 0 spiro atoms. The normalized spacial score (nSPS) is 17.0. The Bertz CT molecular complexity index is 1150. The number of ether oxygens (including phenoxy) is 1. The van der Waals surface area contributed by atoms with Crippen LogP contribution in [0.15, 0.2) is 73.1 Å². The summed E-state index contributed by atoms with van der Waals surface area (Å²) in [6.07, 6.45) is -3.62. The lowest BCUT2D eigenvalue weighted by molar-refractivity contribution is -0.137. The molecule has 0 saturated carbocycles. The molecular formula is C24H18ClF3N2O3. The summed E-state index contributed by atoms with van der Waals surface area (Å²) in [6.45, 7) is 0.00527. The van der Waals surface area contributed by atoms with Crippen molar-refractivity contribution in [2.75, 3.05) is 6.61 Å². The van der Waals surface area contributed by atoms with Crippen LogP contribution in [0, 0.1) is 0 Å². The number of benzene rings is 2. The van der Waals surface area contributed by atoms with Crippen LogP contribution < -0.4 is 0 Å². The number of cyclic esters (lactones) is 1. The topological polar surface area (TPSA) is 59.5 Å². The number of carbonyl (C=O) groups is 2. The van der Waals surface area contributed by atoms with Gasteiger partial charge in [-0.3, -0.25) is 9.78 Å². The number of halogens is 4. The van der Waals surface area contributed by atoms with Gasteiger partial charge in [0, 0.05) is 29.8 Å². The minimum atomic E-state index is -4.59. The zero-order chi connectivity index (χ0) is 23.6. The molecule has 2 aromatic carbocycles. The zero-order valence-electron chi connectivity index (χ0n) is 17.1. The molecule has 0 bridgehead atoms. The van der Waals surface area contributed by atoms with Crippen molar-refractivity contribution in [1.29, 1.82) is 0 Å². The summed E-state index contributed by atoms with van der Waals surface area (Å²) in [4.78, 5) is 30.5. The maximum Gasteiger partial charge on any atom is 0.417 e. The summed E-state index contributed by atoms with van der Waals surface area (Å²) in [5.74, 6) is -1.35. The lowest BCUT2D eigenvalue weighted by atomic mass is 9.88. The van der Waals surface area contributed by atoms with Gasteiger partial charge in [0.2, 0.25) is 5.91 Å². The molecule has 1 aromatic heterocycles. The van der Waals surface area contributed by atoms with Gasteiger partial charge in [0.05, 0.1) is 5.56 Å². The maximum atomic E-state index is 13.3. The van der Waals surface area contributed by atoms with Crippen molar-refractivity contribution in [3.05, 3.63) is 100 Å². The fourth-order valence-corrected chi connectivity index (χ4v) is 3.94. The monoisotopic (exact) mass is 474 g/mol. The van der Waals surface area contributed by atoms with E-state index in [0.717, 1.165) is 22.7 Å². The molecule has 33 heavy (non-hydrogen) atoms. The first-order chi connectivity index (χ1) is 15.7. The van der Waals surface area contributed by atoms with Crippen LogP contribution >= 0.6 is 11.6 Å². The molecule has 9 heteroatoms. The third-order valence-corrected chi connectivity index (χ3v) is 5.72. The number of hydrogen-bond acceptors (Lipinski definition) is 4. The van der Waals surface area contributed by atoms with E-state index in [4.69, 9.17) is 16.3 Å². The smallest absolute Gasteiger partial charge is 0.417 e. The van der Waals surface area contributed by atoms with Crippen LogP contribution in [-0.4, -0.2) is 28.5 Å². The Kier molecular flexibility index (Phi) is 6.37. The van der Waals surface area contributed by atoms with Gasteiger partial charge >= 0.3 is 12.3 Å². The predicted octanol–water partition coefficient (Wildman–Crippen LogP) is 6.00. The Balaban J connectivity index is 1.69. The summed E-state index contributed by atoms with van der Waals surface area (Å²) in [6, 6.07) is 15.7. The fraction of sp³-hybridized carbons (Fsp3) is 0.208. The number of alkyl halides is 3. The summed E-state index contributed by atoms with van der Waals surface area (Å²) in [5.41, 5.74) is 0.566. The van der Waals surface area contributed by atoms with E-state index < -0.39 is 35.7 Å². The highest BCUT2D eigenvalue weighted by Gasteiger charge is 2.40. The Labute approximate surface area is 192 Å². The molecule has 1 aliphatic rings. The van der Waals surface area contributed by atoms with Crippen LogP contribution in [-0.2, 0) is 15.7 Å². The van der Waals surface area contributed by atoms with Crippen LogP contribution in [0.2, 0.25) is 5.02 Å². The second-order valence-electron chi connectivity index (χ2n) is 7.58. The quantitative estimate of drug-likeness (QED) is 0.455.